The summed E-state index contributed by atoms with van der Waals surface area (Å²) in [6, 6.07) is 0.996. The quantitative estimate of drug-likeness (QED) is 0.831. The Morgan fingerprint density at radius 1 is 1.16 bits per heavy atom. The van der Waals surface area contributed by atoms with E-state index in [4.69, 9.17) is 4.98 Å². The number of rotatable bonds is 5. The van der Waals surface area contributed by atoms with Crippen molar-refractivity contribution >= 4 is 11.3 Å². The Balaban J connectivity index is 2.15. The van der Waals surface area contributed by atoms with Crippen LogP contribution in [0.3, 0.4) is 0 Å². The molecule has 0 bridgehead atoms. The maximum absolute atomic E-state index is 4.89. The predicted octanol–water partition coefficient (Wildman–Crippen LogP) is 4.89. The molecule has 1 N–H and O–H groups in total. The van der Waals surface area contributed by atoms with E-state index in [9.17, 15) is 0 Å². The first kappa shape index (κ1) is 15.0. The summed E-state index contributed by atoms with van der Waals surface area (Å²) in [7, 11) is 0. The van der Waals surface area contributed by atoms with Crippen LogP contribution >= 0.6 is 11.3 Å². The van der Waals surface area contributed by atoms with Crippen molar-refractivity contribution in [1.29, 1.82) is 0 Å². The highest BCUT2D eigenvalue weighted by Crippen LogP contribution is 2.36. The smallest absolute Gasteiger partial charge is 0.110 e. The Bertz CT molecular complexity index is 378. The minimum Gasteiger partial charge on any atom is -0.305 e. The van der Waals surface area contributed by atoms with Gasteiger partial charge in [0.2, 0.25) is 0 Å². The highest BCUT2D eigenvalue weighted by Gasteiger charge is 2.27. The molecule has 108 valence electrons. The minimum absolute atomic E-state index is 0.470. The van der Waals surface area contributed by atoms with Gasteiger partial charge in [-0.05, 0) is 24.7 Å². The van der Waals surface area contributed by atoms with Gasteiger partial charge in [-0.2, -0.15) is 0 Å². The molecule has 1 aromatic heterocycles. The van der Waals surface area contributed by atoms with Crippen LogP contribution in [-0.4, -0.2) is 11.0 Å². The average molecular weight is 280 g/mol. The Hall–Kier alpha value is -0.410. The second kappa shape index (κ2) is 6.85. The predicted molar refractivity (Wildman–Crippen MR) is 83.8 cm³/mol. The van der Waals surface area contributed by atoms with Crippen molar-refractivity contribution in [3.05, 3.63) is 16.1 Å². The molecule has 0 spiro atoms. The van der Waals surface area contributed by atoms with Crippen molar-refractivity contribution < 1.29 is 0 Å². The molecule has 19 heavy (non-hydrogen) atoms. The lowest BCUT2D eigenvalue weighted by Crippen LogP contribution is -2.34. The summed E-state index contributed by atoms with van der Waals surface area (Å²) in [5.41, 5.74) is 1.26. The van der Waals surface area contributed by atoms with Gasteiger partial charge in [-0.25, -0.2) is 4.98 Å². The third-order valence-electron chi connectivity index (χ3n) is 4.03. The van der Waals surface area contributed by atoms with Crippen LogP contribution < -0.4 is 5.32 Å². The van der Waals surface area contributed by atoms with E-state index in [2.05, 4.69) is 38.4 Å². The molecule has 1 aliphatic carbocycles. The summed E-state index contributed by atoms with van der Waals surface area (Å²) in [5.74, 6) is 1.32. The van der Waals surface area contributed by atoms with Crippen LogP contribution in [0.2, 0.25) is 0 Å². The van der Waals surface area contributed by atoms with Crippen molar-refractivity contribution in [3.63, 3.8) is 0 Å². The second-order valence-corrected chi connectivity index (χ2v) is 7.35. The van der Waals surface area contributed by atoms with Gasteiger partial charge in [-0.3, -0.25) is 0 Å². The first-order chi connectivity index (χ1) is 9.08. The van der Waals surface area contributed by atoms with Crippen LogP contribution in [0.5, 0.6) is 0 Å². The highest BCUT2D eigenvalue weighted by atomic mass is 32.1. The van der Waals surface area contributed by atoms with Crippen molar-refractivity contribution in [2.24, 2.45) is 5.92 Å². The summed E-state index contributed by atoms with van der Waals surface area (Å²) < 4.78 is 0. The molecule has 1 unspecified atom stereocenters. The van der Waals surface area contributed by atoms with Crippen molar-refractivity contribution in [2.45, 2.75) is 77.8 Å². The lowest BCUT2D eigenvalue weighted by atomic mass is 9.84. The number of nitrogens with zero attached hydrogens (tertiary/aromatic N) is 1. The Morgan fingerprint density at radius 2 is 1.84 bits per heavy atom. The molecule has 0 aliphatic heterocycles. The van der Waals surface area contributed by atoms with Gasteiger partial charge in [0, 0.05) is 11.4 Å². The van der Waals surface area contributed by atoms with Crippen molar-refractivity contribution in [2.75, 3.05) is 0 Å². The Labute approximate surface area is 122 Å². The van der Waals surface area contributed by atoms with Gasteiger partial charge in [0.15, 0.2) is 0 Å². The number of aromatic nitrogens is 1. The van der Waals surface area contributed by atoms with Crippen LogP contribution in [0.4, 0.5) is 0 Å². The SMILES string of the molecule is CC(C)NC(c1nc(C(C)C)cs1)C1CCCCC1. The molecule has 0 aromatic carbocycles. The third-order valence-corrected chi connectivity index (χ3v) is 4.98. The van der Waals surface area contributed by atoms with Crippen LogP contribution in [0, 0.1) is 5.92 Å². The molecule has 0 saturated heterocycles. The van der Waals surface area contributed by atoms with Gasteiger partial charge in [-0.1, -0.05) is 47.0 Å². The molecule has 3 heteroatoms. The topological polar surface area (TPSA) is 24.9 Å². The molecule has 0 radical (unpaired) electrons. The van der Waals surface area contributed by atoms with E-state index in [1.165, 1.54) is 42.8 Å². The Morgan fingerprint density at radius 3 is 2.37 bits per heavy atom. The number of nitrogens with one attached hydrogen (secondary N) is 1. The van der Waals surface area contributed by atoms with E-state index >= 15 is 0 Å². The van der Waals surface area contributed by atoms with Crippen LogP contribution in [0.25, 0.3) is 0 Å². The van der Waals surface area contributed by atoms with Crippen molar-refractivity contribution in [1.82, 2.24) is 10.3 Å². The maximum Gasteiger partial charge on any atom is 0.110 e. The number of hydrogen-bond donors (Lipinski definition) is 1. The van der Waals surface area contributed by atoms with Gasteiger partial charge >= 0.3 is 0 Å². The summed E-state index contributed by atoms with van der Waals surface area (Å²) in [6.45, 7) is 8.94. The second-order valence-electron chi connectivity index (χ2n) is 6.46. The molecule has 1 atom stereocenters. The first-order valence-corrected chi connectivity index (χ1v) is 8.67. The van der Waals surface area contributed by atoms with E-state index in [-0.39, 0.29) is 0 Å². The van der Waals surface area contributed by atoms with Gasteiger partial charge < -0.3 is 5.32 Å². The summed E-state index contributed by atoms with van der Waals surface area (Å²) in [4.78, 5) is 4.89. The molecule has 1 aliphatic rings. The zero-order valence-corrected chi connectivity index (χ0v) is 13.6. The van der Waals surface area contributed by atoms with Gasteiger partial charge in [-0.15, -0.1) is 11.3 Å². The largest absolute Gasteiger partial charge is 0.305 e. The summed E-state index contributed by atoms with van der Waals surface area (Å²) in [6.07, 6.45) is 6.93. The fourth-order valence-electron chi connectivity index (χ4n) is 2.94. The van der Waals surface area contributed by atoms with Crippen LogP contribution in [0.1, 0.15) is 82.5 Å². The average Bonchev–Trinajstić information content (AvgIpc) is 2.86. The molecular formula is C16H28N2S. The van der Waals surface area contributed by atoms with E-state index < -0.39 is 0 Å². The number of thiazole rings is 1. The van der Waals surface area contributed by atoms with E-state index in [1.807, 2.05) is 11.3 Å². The highest BCUT2D eigenvalue weighted by molar-refractivity contribution is 7.09. The van der Waals surface area contributed by atoms with Crippen LogP contribution in [0.15, 0.2) is 5.38 Å². The molecule has 1 fully saturated rings. The van der Waals surface area contributed by atoms with Gasteiger partial charge in [0.05, 0.1) is 11.7 Å². The fraction of sp³-hybridized carbons (Fsp3) is 0.812. The molecule has 1 aromatic rings. The fourth-order valence-corrected chi connectivity index (χ4v) is 4.08. The lowest BCUT2D eigenvalue weighted by Gasteiger charge is -2.31. The normalized spacial score (nSPS) is 19.3. The number of hydrogen-bond acceptors (Lipinski definition) is 3. The third kappa shape index (κ3) is 4.03. The van der Waals surface area contributed by atoms with E-state index in [0.717, 1.165) is 5.92 Å². The van der Waals surface area contributed by atoms with Gasteiger partial charge in [0.1, 0.15) is 5.01 Å². The Kier molecular flexibility index (Phi) is 5.40. The molecule has 1 saturated carbocycles. The van der Waals surface area contributed by atoms with Crippen LogP contribution in [-0.2, 0) is 0 Å². The monoisotopic (exact) mass is 280 g/mol. The van der Waals surface area contributed by atoms with Gasteiger partial charge in [0.25, 0.3) is 0 Å². The molecular weight excluding hydrogens is 252 g/mol. The van der Waals surface area contributed by atoms with E-state index in [0.29, 0.717) is 18.0 Å². The summed E-state index contributed by atoms with van der Waals surface area (Å²) >= 11 is 1.85. The van der Waals surface area contributed by atoms with Crippen molar-refractivity contribution in [3.8, 4) is 0 Å². The zero-order valence-electron chi connectivity index (χ0n) is 12.8. The maximum atomic E-state index is 4.89. The minimum atomic E-state index is 0.470. The molecule has 2 rings (SSSR count). The molecule has 1 heterocycles. The zero-order chi connectivity index (χ0) is 13.8. The summed E-state index contributed by atoms with van der Waals surface area (Å²) in [5, 5.41) is 7.32. The lowest BCUT2D eigenvalue weighted by molar-refractivity contribution is 0.259. The first-order valence-electron chi connectivity index (χ1n) is 7.79. The molecule has 0 amide bonds. The standard InChI is InChI=1S/C16H28N2S/c1-11(2)14-10-19-16(18-14)15(17-12(3)4)13-8-6-5-7-9-13/h10-13,15,17H,5-9H2,1-4H3. The van der Waals surface area contributed by atoms with E-state index in [1.54, 1.807) is 0 Å². The molecule has 2 nitrogen and oxygen atoms in total.